The number of imide groups is 1. The molecule has 8 heteroatoms. The van der Waals surface area contributed by atoms with Crippen molar-refractivity contribution >= 4 is 11.8 Å². The predicted molar refractivity (Wildman–Crippen MR) is 93.5 cm³/mol. The van der Waals surface area contributed by atoms with Crippen LogP contribution in [0.2, 0.25) is 0 Å². The Bertz CT molecular complexity index is 1010. The van der Waals surface area contributed by atoms with Crippen molar-refractivity contribution in [2.45, 2.75) is 6.54 Å². The molecule has 0 N–H and O–H groups in total. The summed E-state index contributed by atoms with van der Waals surface area (Å²) >= 11 is 0. The van der Waals surface area contributed by atoms with Crippen molar-refractivity contribution in [3.63, 3.8) is 0 Å². The molecule has 0 unspecified atom stereocenters. The second-order valence-electron chi connectivity index (χ2n) is 5.82. The third-order valence-electron chi connectivity index (χ3n) is 4.29. The van der Waals surface area contributed by atoms with Gasteiger partial charge in [0.05, 0.1) is 30.9 Å². The Morgan fingerprint density at radius 2 is 1.67 bits per heavy atom. The molecule has 2 heterocycles. The quantitative estimate of drug-likeness (QED) is 0.641. The lowest BCUT2D eigenvalue weighted by molar-refractivity contribution is 0.0625. The third kappa shape index (κ3) is 2.80. The number of fused-ring (bicyclic) bond motifs is 1. The van der Waals surface area contributed by atoms with Gasteiger partial charge in [0.15, 0.2) is 0 Å². The van der Waals surface area contributed by atoms with Crippen molar-refractivity contribution in [1.82, 2.24) is 15.0 Å². The molecule has 0 fully saturated rings. The van der Waals surface area contributed by atoms with Crippen molar-refractivity contribution < 1.29 is 23.6 Å². The number of ether oxygens (including phenoxy) is 2. The van der Waals surface area contributed by atoms with Crippen molar-refractivity contribution in [3.05, 3.63) is 59.5 Å². The molecule has 0 saturated heterocycles. The van der Waals surface area contributed by atoms with Gasteiger partial charge in [-0.15, -0.1) is 0 Å². The van der Waals surface area contributed by atoms with Crippen molar-refractivity contribution in [2.75, 3.05) is 14.2 Å². The fraction of sp³-hybridized carbons (Fsp3) is 0.158. The van der Waals surface area contributed by atoms with Gasteiger partial charge in [-0.3, -0.25) is 14.5 Å². The van der Waals surface area contributed by atoms with Gasteiger partial charge in [0.2, 0.25) is 11.7 Å². The van der Waals surface area contributed by atoms with E-state index in [1.807, 2.05) is 0 Å². The van der Waals surface area contributed by atoms with E-state index in [1.165, 1.54) is 7.11 Å². The van der Waals surface area contributed by atoms with Crippen LogP contribution in [0, 0.1) is 0 Å². The van der Waals surface area contributed by atoms with Gasteiger partial charge in [-0.25, -0.2) is 0 Å². The smallest absolute Gasteiger partial charge is 0.262 e. The van der Waals surface area contributed by atoms with Crippen LogP contribution in [0.1, 0.15) is 26.6 Å². The summed E-state index contributed by atoms with van der Waals surface area (Å²) in [5.41, 5.74) is 1.36. The Labute approximate surface area is 154 Å². The fourth-order valence-electron chi connectivity index (χ4n) is 2.93. The normalized spacial score (nSPS) is 13.0. The van der Waals surface area contributed by atoms with E-state index in [1.54, 1.807) is 49.6 Å². The minimum absolute atomic E-state index is 0.0994. The number of carbonyl (C=O) groups excluding carboxylic acids is 2. The van der Waals surface area contributed by atoms with Crippen LogP contribution in [0.25, 0.3) is 11.4 Å². The van der Waals surface area contributed by atoms with Gasteiger partial charge in [0.25, 0.3) is 11.8 Å². The van der Waals surface area contributed by atoms with Crippen molar-refractivity contribution in [1.29, 1.82) is 0 Å². The molecular weight excluding hydrogens is 350 g/mol. The van der Waals surface area contributed by atoms with Crippen molar-refractivity contribution in [3.8, 4) is 22.9 Å². The molecule has 3 aromatic rings. The lowest BCUT2D eigenvalue weighted by atomic mass is 10.1. The van der Waals surface area contributed by atoms with E-state index in [0.717, 1.165) is 4.90 Å². The maximum atomic E-state index is 12.4. The number of methoxy groups -OCH3 is 2. The van der Waals surface area contributed by atoms with E-state index in [4.69, 9.17) is 14.0 Å². The third-order valence-corrected chi connectivity index (χ3v) is 4.29. The molecule has 0 atom stereocenters. The average Bonchev–Trinajstić information content (AvgIpc) is 3.27. The molecule has 0 bridgehead atoms. The molecule has 0 radical (unpaired) electrons. The van der Waals surface area contributed by atoms with E-state index in [2.05, 4.69) is 10.1 Å². The maximum Gasteiger partial charge on any atom is 0.262 e. The summed E-state index contributed by atoms with van der Waals surface area (Å²) in [4.78, 5) is 30.3. The van der Waals surface area contributed by atoms with E-state index in [0.29, 0.717) is 34.0 Å². The summed E-state index contributed by atoms with van der Waals surface area (Å²) in [6.45, 7) is -0.0994. The highest BCUT2D eigenvalue weighted by atomic mass is 16.5. The zero-order chi connectivity index (χ0) is 19.0. The summed E-state index contributed by atoms with van der Waals surface area (Å²) in [6.07, 6.45) is 0. The molecule has 136 valence electrons. The number of benzene rings is 2. The fourth-order valence-corrected chi connectivity index (χ4v) is 2.93. The molecular formula is C19H15N3O5. The Balaban J connectivity index is 1.60. The number of hydrogen-bond donors (Lipinski definition) is 0. The van der Waals surface area contributed by atoms with Crippen LogP contribution in [-0.4, -0.2) is 41.1 Å². The zero-order valence-electron chi connectivity index (χ0n) is 14.6. The van der Waals surface area contributed by atoms with Gasteiger partial charge < -0.3 is 14.0 Å². The van der Waals surface area contributed by atoms with Crippen LogP contribution in [0.4, 0.5) is 0 Å². The molecule has 1 aliphatic heterocycles. The first-order chi connectivity index (χ1) is 13.1. The number of hydrogen-bond acceptors (Lipinski definition) is 7. The predicted octanol–water partition coefficient (Wildman–Crippen LogP) is 2.55. The number of carbonyl (C=O) groups is 2. The van der Waals surface area contributed by atoms with E-state index in [-0.39, 0.29) is 24.2 Å². The van der Waals surface area contributed by atoms with Gasteiger partial charge in [0, 0.05) is 6.07 Å². The Kier molecular flexibility index (Phi) is 4.08. The van der Waals surface area contributed by atoms with Crippen LogP contribution in [-0.2, 0) is 6.54 Å². The molecule has 4 rings (SSSR count). The zero-order valence-corrected chi connectivity index (χ0v) is 14.6. The molecule has 1 aliphatic rings. The molecule has 8 nitrogen and oxygen atoms in total. The van der Waals surface area contributed by atoms with E-state index in [9.17, 15) is 9.59 Å². The molecule has 0 saturated carbocycles. The SMILES string of the molecule is COc1ccc(-c2noc(CN3C(=O)c4ccccc4C3=O)n2)c(OC)c1. The number of amides is 2. The summed E-state index contributed by atoms with van der Waals surface area (Å²) < 4.78 is 15.7. The second-order valence-corrected chi connectivity index (χ2v) is 5.82. The average molecular weight is 365 g/mol. The summed E-state index contributed by atoms with van der Waals surface area (Å²) in [6, 6.07) is 11.9. The minimum atomic E-state index is -0.377. The number of nitrogens with zero attached hydrogens (tertiary/aromatic N) is 3. The Morgan fingerprint density at radius 1 is 0.963 bits per heavy atom. The Hall–Kier alpha value is -3.68. The van der Waals surface area contributed by atoms with Crippen LogP contribution in [0.3, 0.4) is 0 Å². The standard InChI is InChI=1S/C19H15N3O5/c1-25-11-7-8-14(15(9-11)26-2)17-20-16(27-21-17)10-22-18(23)12-5-3-4-6-13(12)19(22)24/h3-9H,10H2,1-2H3. The van der Waals surface area contributed by atoms with Gasteiger partial charge in [-0.1, -0.05) is 17.3 Å². The Morgan fingerprint density at radius 3 is 2.30 bits per heavy atom. The number of rotatable bonds is 5. The van der Waals surface area contributed by atoms with Crippen LogP contribution >= 0.6 is 0 Å². The van der Waals surface area contributed by atoms with E-state index >= 15 is 0 Å². The second kappa shape index (κ2) is 6.56. The largest absolute Gasteiger partial charge is 0.497 e. The van der Waals surface area contributed by atoms with E-state index < -0.39 is 0 Å². The minimum Gasteiger partial charge on any atom is -0.497 e. The molecule has 0 spiro atoms. The van der Waals surface area contributed by atoms with Gasteiger partial charge >= 0.3 is 0 Å². The molecule has 27 heavy (non-hydrogen) atoms. The first-order valence-electron chi connectivity index (χ1n) is 8.12. The first kappa shape index (κ1) is 16.8. The molecule has 0 aliphatic carbocycles. The van der Waals surface area contributed by atoms with Crippen LogP contribution in [0.5, 0.6) is 11.5 Å². The first-order valence-corrected chi connectivity index (χ1v) is 8.12. The lowest BCUT2D eigenvalue weighted by Gasteiger charge is -2.10. The summed E-state index contributed by atoms with van der Waals surface area (Å²) in [7, 11) is 3.08. The highest BCUT2D eigenvalue weighted by Crippen LogP contribution is 2.32. The lowest BCUT2D eigenvalue weighted by Crippen LogP contribution is -2.29. The number of aromatic nitrogens is 2. The topological polar surface area (TPSA) is 94.8 Å². The maximum absolute atomic E-state index is 12.4. The van der Waals surface area contributed by atoms with Gasteiger partial charge in [-0.2, -0.15) is 4.98 Å². The highest BCUT2D eigenvalue weighted by molar-refractivity contribution is 6.21. The van der Waals surface area contributed by atoms with Crippen LogP contribution in [0.15, 0.2) is 47.0 Å². The van der Waals surface area contributed by atoms with Crippen molar-refractivity contribution in [2.24, 2.45) is 0 Å². The van der Waals surface area contributed by atoms with Gasteiger partial charge in [0.1, 0.15) is 18.0 Å². The monoisotopic (exact) mass is 365 g/mol. The highest BCUT2D eigenvalue weighted by Gasteiger charge is 2.36. The summed E-state index contributed by atoms with van der Waals surface area (Å²) in [5, 5.41) is 3.94. The van der Waals surface area contributed by atoms with Crippen LogP contribution < -0.4 is 9.47 Å². The van der Waals surface area contributed by atoms with Gasteiger partial charge in [-0.05, 0) is 24.3 Å². The molecule has 2 aromatic carbocycles. The summed E-state index contributed by atoms with van der Waals surface area (Å²) in [5.74, 6) is 0.834. The molecule has 1 aromatic heterocycles. The molecule has 2 amide bonds.